The van der Waals surface area contributed by atoms with Crippen molar-refractivity contribution in [3.63, 3.8) is 0 Å². The molecule has 0 radical (unpaired) electrons. The van der Waals surface area contributed by atoms with Crippen LogP contribution in [0.4, 0.5) is 0 Å². The Hall–Kier alpha value is -0.650. The molecule has 0 bridgehead atoms. The van der Waals surface area contributed by atoms with E-state index in [9.17, 15) is 4.79 Å². The molecular formula is C14H12Br2O2S. The molecule has 0 unspecified atom stereocenters. The summed E-state index contributed by atoms with van der Waals surface area (Å²) in [7, 11) is 0. The van der Waals surface area contributed by atoms with Crippen LogP contribution in [0.25, 0.3) is 0 Å². The number of carbonyl (C=O) groups excluding carboxylic acids is 1. The number of hydrogen-bond donors (Lipinski definition) is 0. The third-order valence-electron chi connectivity index (χ3n) is 2.58. The van der Waals surface area contributed by atoms with Gasteiger partial charge >= 0.3 is 0 Å². The standard InChI is InChI=1S/C14H12Br2O2S/c1-3-18-11-5-4-8(2)6-9(11)13(17)10-7-12(15)19-14(10)16/h4-7H,3H2,1-2H3. The number of halogens is 2. The Bertz CT molecular complexity index is 620. The molecule has 0 aliphatic heterocycles. The zero-order valence-electron chi connectivity index (χ0n) is 10.5. The molecule has 0 N–H and O–H groups in total. The van der Waals surface area contributed by atoms with Gasteiger partial charge in [0, 0.05) is 5.56 Å². The molecule has 0 saturated heterocycles. The van der Waals surface area contributed by atoms with Crippen LogP contribution in [0.5, 0.6) is 5.75 Å². The summed E-state index contributed by atoms with van der Waals surface area (Å²) in [4.78, 5) is 12.6. The SMILES string of the molecule is CCOc1ccc(C)cc1C(=O)c1cc(Br)sc1Br. The van der Waals surface area contributed by atoms with Gasteiger partial charge in [-0.05, 0) is 63.9 Å². The van der Waals surface area contributed by atoms with Crippen molar-refractivity contribution in [3.8, 4) is 5.75 Å². The van der Waals surface area contributed by atoms with Crippen molar-refractivity contribution in [1.29, 1.82) is 0 Å². The van der Waals surface area contributed by atoms with E-state index in [1.807, 2.05) is 38.1 Å². The summed E-state index contributed by atoms with van der Waals surface area (Å²) < 4.78 is 7.29. The normalized spacial score (nSPS) is 10.5. The molecule has 19 heavy (non-hydrogen) atoms. The number of benzene rings is 1. The minimum atomic E-state index is -0.0269. The number of hydrogen-bond acceptors (Lipinski definition) is 3. The lowest BCUT2D eigenvalue weighted by molar-refractivity contribution is 0.103. The highest BCUT2D eigenvalue weighted by molar-refractivity contribution is 9.12. The number of aryl methyl sites for hydroxylation is 1. The highest BCUT2D eigenvalue weighted by Crippen LogP contribution is 2.34. The van der Waals surface area contributed by atoms with Crippen LogP contribution >= 0.6 is 43.2 Å². The van der Waals surface area contributed by atoms with E-state index in [2.05, 4.69) is 31.9 Å². The van der Waals surface area contributed by atoms with Crippen molar-refractivity contribution in [2.24, 2.45) is 0 Å². The lowest BCUT2D eigenvalue weighted by atomic mass is 10.0. The smallest absolute Gasteiger partial charge is 0.198 e. The summed E-state index contributed by atoms with van der Waals surface area (Å²) >= 11 is 8.30. The van der Waals surface area contributed by atoms with E-state index < -0.39 is 0 Å². The molecule has 0 aliphatic rings. The van der Waals surface area contributed by atoms with E-state index >= 15 is 0 Å². The zero-order chi connectivity index (χ0) is 14.0. The van der Waals surface area contributed by atoms with Crippen molar-refractivity contribution in [2.75, 3.05) is 6.61 Å². The fourth-order valence-corrected chi connectivity index (χ4v) is 4.54. The molecule has 1 aromatic carbocycles. The number of ketones is 1. The first-order chi connectivity index (χ1) is 9.02. The second-order valence-electron chi connectivity index (χ2n) is 4.00. The van der Waals surface area contributed by atoms with E-state index in [0.717, 1.165) is 13.1 Å². The third kappa shape index (κ3) is 3.27. The molecule has 2 aromatic rings. The van der Waals surface area contributed by atoms with Gasteiger partial charge in [0.1, 0.15) is 5.75 Å². The Morgan fingerprint density at radius 3 is 2.58 bits per heavy atom. The van der Waals surface area contributed by atoms with Crippen LogP contribution in [0.1, 0.15) is 28.4 Å². The maximum atomic E-state index is 12.6. The Labute approximate surface area is 133 Å². The molecule has 1 aromatic heterocycles. The first-order valence-electron chi connectivity index (χ1n) is 5.76. The minimum absolute atomic E-state index is 0.0269. The largest absolute Gasteiger partial charge is 0.493 e. The predicted octanol–water partition coefficient (Wildman–Crippen LogP) is 5.21. The summed E-state index contributed by atoms with van der Waals surface area (Å²) in [5.41, 5.74) is 2.30. The summed E-state index contributed by atoms with van der Waals surface area (Å²) in [5.74, 6) is 0.605. The van der Waals surface area contributed by atoms with Crippen molar-refractivity contribution < 1.29 is 9.53 Å². The topological polar surface area (TPSA) is 26.3 Å². The first-order valence-corrected chi connectivity index (χ1v) is 8.16. The molecule has 0 amide bonds. The van der Waals surface area contributed by atoms with Gasteiger partial charge in [-0.25, -0.2) is 0 Å². The van der Waals surface area contributed by atoms with E-state index in [1.54, 1.807) is 0 Å². The van der Waals surface area contributed by atoms with Crippen LogP contribution in [-0.2, 0) is 0 Å². The number of ether oxygens (including phenoxy) is 1. The van der Waals surface area contributed by atoms with E-state index in [4.69, 9.17) is 4.74 Å². The number of carbonyl (C=O) groups is 1. The van der Waals surface area contributed by atoms with Crippen LogP contribution in [0.15, 0.2) is 31.8 Å². The van der Waals surface area contributed by atoms with E-state index in [1.165, 1.54) is 11.3 Å². The molecule has 0 atom stereocenters. The summed E-state index contributed by atoms with van der Waals surface area (Å²) in [6.07, 6.45) is 0. The van der Waals surface area contributed by atoms with Gasteiger partial charge in [0.05, 0.1) is 19.7 Å². The zero-order valence-corrected chi connectivity index (χ0v) is 14.5. The summed E-state index contributed by atoms with van der Waals surface area (Å²) in [5, 5.41) is 0. The molecule has 0 aliphatic carbocycles. The van der Waals surface area contributed by atoms with E-state index in [-0.39, 0.29) is 5.78 Å². The highest BCUT2D eigenvalue weighted by atomic mass is 79.9. The average Bonchev–Trinajstić information content (AvgIpc) is 2.70. The fraction of sp³-hybridized carbons (Fsp3) is 0.214. The second-order valence-corrected chi connectivity index (χ2v) is 7.75. The van der Waals surface area contributed by atoms with Crippen LogP contribution in [0.3, 0.4) is 0 Å². The van der Waals surface area contributed by atoms with Gasteiger partial charge in [-0.1, -0.05) is 11.6 Å². The van der Waals surface area contributed by atoms with Crippen LogP contribution in [-0.4, -0.2) is 12.4 Å². The van der Waals surface area contributed by atoms with Gasteiger partial charge in [-0.15, -0.1) is 11.3 Å². The third-order valence-corrected chi connectivity index (χ3v) is 4.92. The van der Waals surface area contributed by atoms with Gasteiger partial charge in [-0.3, -0.25) is 4.79 Å². The Morgan fingerprint density at radius 1 is 1.26 bits per heavy atom. The van der Waals surface area contributed by atoms with Gasteiger partial charge < -0.3 is 4.74 Å². The lowest BCUT2D eigenvalue weighted by Crippen LogP contribution is -2.05. The van der Waals surface area contributed by atoms with Crippen molar-refractivity contribution >= 4 is 49.0 Å². The van der Waals surface area contributed by atoms with E-state index in [0.29, 0.717) is 23.5 Å². The fourth-order valence-electron chi connectivity index (χ4n) is 1.74. The number of rotatable bonds is 4. The quantitative estimate of drug-likeness (QED) is 0.654. The summed E-state index contributed by atoms with van der Waals surface area (Å²) in [6.45, 7) is 4.41. The van der Waals surface area contributed by atoms with Gasteiger partial charge in [0.15, 0.2) is 5.78 Å². The average molecular weight is 404 g/mol. The molecule has 0 saturated carbocycles. The molecule has 0 spiro atoms. The van der Waals surface area contributed by atoms with Crippen molar-refractivity contribution in [2.45, 2.75) is 13.8 Å². The molecule has 1 heterocycles. The molecule has 2 rings (SSSR count). The van der Waals surface area contributed by atoms with Gasteiger partial charge in [0.25, 0.3) is 0 Å². The summed E-state index contributed by atoms with van der Waals surface area (Å²) in [6, 6.07) is 7.49. The van der Waals surface area contributed by atoms with Crippen LogP contribution in [0.2, 0.25) is 0 Å². The Morgan fingerprint density at radius 2 is 2.00 bits per heavy atom. The Kier molecular flexibility index (Phi) is 4.81. The second kappa shape index (κ2) is 6.20. The van der Waals surface area contributed by atoms with Crippen LogP contribution < -0.4 is 4.74 Å². The van der Waals surface area contributed by atoms with Crippen molar-refractivity contribution in [1.82, 2.24) is 0 Å². The monoisotopic (exact) mass is 402 g/mol. The maximum absolute atomic E-state index is 12.6. The predicted molar refractivity (Wildman–Crippen MR) is 85.5 cm³/mol. The minimum Gasteiger partial charge on any atom is -0.493 e. The maximum Gasteiger partial charge on any atom is 0.198 e. The van der Waals surface area contributed by atoms with Crippen LogP contribution in [0, 0.1) is 6.92 Å². The first kappa shape index (κ1) is 14.8. The highest BCUT2D eigenvalue weighted by Gasteiger charge is 2.19. The van der Waals surface area contributed by atoms with Gasteiger partial charge in [0.2, 0.25) is 0 Å². The molecule has 100 valence electrons. The Balaban J connectivity index is 2.48. The van der Waals surface area contributed by atoms with Crippen molar-refractivity contribution in [3.05, 3.63) is 48.5 Å². The molecular weight excluding hydrogens is 392 g/mol. The van der Waals surface area contributed by atoms with Gasteiger partial charge in [-0.2, -0.15) is 0 Å². The lowest BCUT2D eigenvalue weighted by Gasteiger charge is -2.10. The molecule has 2 nitrogen and oxygen atoms in total. The number of thiophene rings is 1. The molecule has 0 fully saturated rings. The molecule has 5 heteroatoms.